The Morgan fingerprint density at radius 3 is 2.71 bits per heavy atom. The molecule has 3 aliphatic rings. The first-order valence-corrected chi connectivity index (χ1v) is 8.19. The molecule has 3 heteroatoms. The van der Waals surface area contributed by atoms with E-state index in [1.165, 1.54) is 31.2 Å². The molecule has 1 aromatic carbocycles. The second kappa shape index (κ2) is 5.28. The molecule has 110 valence electrons. The highest BCUT2D eigenvalue weighted by Gasteiger charge is 2.44. The largest absolute Gasteiger partial charge is 0.273 e. The van der Waals surface area contributed by atoms with E-state index in [0.717, 1.165) is 18.3 Å². The Morgan fingerprint density at radius 1 is 1.14 bits per heavy atom. The van der Waals surface area contributed by atoms with Gasteiger partial charge in [0.15, 0.2) is 0 Å². The summed E-state index contributed by atoms with van der Waals surface area (Å²) >= 11 is 0. The molecule has 1 N–H and O–H groups in total. The van der Waals surface area contributed by atoms with Crippen molar-refractivity contribution < 1.29 is 4.79 Å². The van der Waals surface area contributed by atoms with Crippen LogP contribution in [0.15, 0.2) is 35.4 Å². The molecule has 4 rings (SSSR count). The highest BCUT2D eigenvalue weighted by Crippen LogP contribution is 2.48. The van der Waals surface area contributed by atoms with Gasteiger partial charge in [-0.05, 0) is 54.9 Å². The maximum Gasteiger partial charge on any atom is 0.243 e. The SMILES string of the molecule is O=C(N/N=C/C1CC2CCC1C2)C1CC1c1ccccc1. The third-order valence-corrected chi connectivity index (χ3v) is 5.59. The summed E-state index contributed by atoms with van der Waals surface area (Å²) in [6, 6.07) is 10.3. The summed E-state index contributed by atoms with van der Waals surface area (Å²) < 4.78 is 0. The van der Waals surface area contributed by atoms with E-state index in [0.29, 0.717) is 11.8 Å². The van der Waals surface area contributed by atoms with Gasteiger partial charge >= 0.3 is 0 Å². The molecule has 3 saturated carbocycles. The Kier molecular flexibility index (Phi) is 3.28. The predicted molar refractivity (Wildman–Crippen MR) is 82.9 cm³/mol. The number of carbonyl (C=O) groups is 1. The molecule has 5 unspecified atom stereocenters. The van der Waals surface area contributed by atoms with Crippen LogP contribution in [0, 0.1) is 23.7 Å². The topological polar surface area (TPSA) is 41.5 Å². The molecular weight excluding hydrogens is 260 g/mol. The van der Waals surface area contributed by atoms with Crippen molar-refractivity contribution in [3.63, 3.8) is 0 Å². The van der Waals surface area contributed by atoms with Gasteiger partial charge in [-0.15, -0.1) is 0 Å². The van der Waals surface area contributed by atoms with E-state index in [4.69, 9.17) is 0 Å². The van der Waals surface area contributed by atoms with E-state index in [2.05, 4.69) is 22.7 Å². The number of hydrazone groups is 1. The first-order chi connectivity index (χ1) is 10.3. The van der Waals surface area contributed by atoms with E-state index in [9.17, 15) is 4.79 Å². The fourth-order valence-corrected chi connectivity index (χ4v) is 4.31. The molecule has 0 saturated heterocycles. The average molecular weight is 282 g/mol. The Hall–Kier alpha value is -1.64. The standard InChI is InChI=1S/C18H22N2O/c21-18(17-10-16(17)13-4-2-1-3-5-13)20-19-11-15-9-12-6-7-14(15)8-12/h1-5,11-12,14-17H,6-10H2,(H,20,21)/b19-11+. The van der Waals surface area contributed by atoms with Crippen molar-refractivity contribution in [3.8, 4) is 0 Å². The lowest BCUT2D eigenvalue weighted by molar-refractivity contribution is -0.122. The van der Waals surface area contributed by atoms with Gasteiger partial charge < -0.3 is 0 Å². The second-order valence-corrected chi connectivity index (χ2v) is 6.95. The lowest BCUT2D eigenvalue weighted by Gasteiger charge is -2.16. The Labute approximate surface area is 125 Å². The van der Waals surface area contributed by atoms with E-state index in [1.54, 1.807) is 0 Å². The molecule has 1 aromatic rings. The van der Waals surface area contributed by atoms with Gasteiger partial charge in [0.05, 0.1) is 0 Å². The van der Waals surface area contributed by atoms with Gasteiger partial charge in [0.1, 0.15) is 0 Å². The van der Waals surface area contributed by atoms with Gasteiger partial charge in [-0.1, -0.05) is 36.8 Å². The Morgan fingerprint density at radius 2 is 2.00 bits per heavy atom. The molecule has 0 spiro atoms. The smallest absolute Gasteiger partial charge is 0.243 e. The van der Waals surface area contributed by atoms with Crippen molar-refractivity contribution in [1.29, 1.82) is 0 Å². The summed E-state index contributed by atoms with van der Waals surface area (Å²) in [6.45, 7) is 0. The summed E-state index contributed by atoms with van der Waals surface area (Å²) in [6.07, 6.45) is 8.38. The number of hydrogen-bond acceptors (Lipinski definition) is 2. The number of benzene rings is 1. The molecular formula is C18H22N2O. The number of amides is 1. The normalized spacial score (nSPS) is 37.0. The Balaban J connectivity index is 1.28. The van der Waals surface area contributed by atoms with Crippen molar-refractivity contribution in [1.82, 2.24) is 5.43 Å². The van der Waals surface area contributed by atoms with E-state index in [-0.39, 0.29) is 11.8 Å². The van der Waals surface area contributed by atoms with Crippen LogP contribution in [0.25, 0.3) is 0 Å². The Bertz CT molecular complexity index is 554. The molecule has 0 radical (unpaired) electrons. The summed E-state index contributed by atoms with van der Waals surface area (Å²) in [7, 11) is 0. The number of nitrogens with zero attached hydrogens (tertiary/aromatic N) is 1. The van der Waals surface area contributed by atoms with Crippen LogP contribution in [0.2, 0.25) is 0 Å². The van der Waals surface area contributed by atoms with Crippen LogP contribution >= 0.6 is 0 Å². The molecule has 21 heavy (non-hydrogen) atoms. The number of nitrogens with one attached hydrogen (secondary N) is 1. The second-order valence-electron chi connectivity index (χ2n) is 6.95. The van der Waals surface area contributed by atoms with Crippen LogP contribution in [0.4, 0.5) is 0 Å². The first kappa shape index (κ1) is 13.1. The van der Waals surface area contributed by atoms with Crippen LogP contribution in [0.3, 0.4) is 0 Å². The van der Waals surface area contributed by atoms with Gasteiger partial charge in [0, 0.05) is 12.1 Å². The maximum atomic E-state index is 12.1. The average Bonchev–Trinajstić information content (AvgIpc) is 3.06. The molecule has 3 nitrogen and oxygen atoms in total. The molecule has 3 aliphatic carbocycles. The van der Waals surface area contributed by atoms with Gasteiger partial charge in [0.2, 0.25) is 5.91 Å². The monoisotopic (exact) mass is 282 g/mol. The van der Waals surface area contributed by atoms with Crippen LogP contribution < -0.4 is 5.43 Å². The minimum atomic E-state index is 0.0864. The van der Waals surface area contributed by atoms with E-state index in [1.807, 2.05) is 24.4 Å². The number of hydrogen-bond donors (Lipinski definition) is 1. The van der Waals surface area contributed by atoms with Crippen LogP contribution in [0.1, 0.15) is 43.6 Å². The van der Waals surface area contributed by atoms with Crippen LogP contribution in [0.5, 0.6) is 0 Å². The third kappa shape index (κ3) is 2.61. The molecule has 0 heterocycles. The minimum Gasteiger partial charge on any atom is -0.273 e. The zero-order valence-corrected chi connectivity index (χ0v) is 12.2. The highest BCUT2D eigenvalue weighted by atomic mass is 16.2. The van der Waals surface area contributed by atoms with E-state index >= 15 is 0 Å². The summed E-state index contributed by atoms with van der Waals surface area (Å²) in [5.41, 5.74) is 4.03. The minimum absolute atomic E-state index is 0.0864. The van der Waals surface area contributed by atoms with Crippen molar-refractivity contribution >= 4 is 12.1 Å². The number of fused-ring (bicyclic) bond motifs is 2. The predicted octanol–water partition coefficient (Wildman–Crippen LogP) is 3.33. The van der Waals surface area contributed by atoms with Gasteiger partial charge in [-0.25, -0.2) is 5.43 Å². The third-order valence-electron chi connectivity index (χ3n) is 5.59. The summed E-state index contributed by atoms with van der Waals surface area (Å²) in [5, 5.41) is 4.24. The van der Waals surface area contributed by atoms with Crippen molar-refractivity contribution in [3.05, 3.63) is 35.9 Å². The van der Waals surface area contributed by atoms with Crippen molar-refractivity contribution in [2.45, 2.75) is 38.0 Å². The quantitative estimate of drug-likeness (QED) is 0.668. The lowest BCUT2D eigenvalue weighted by Crippen LogP contribution is -2.22. The van der Waals surface area contributed by atoms with Gasteiger partial charge in [-0.2, -0.15) is 5.10 Å². The van der Waals surface area contributed by atoms with Crippen LogP contribution in [-0.2, 0) is 4.79 Å². The maximum absolute atomic E-state index is 12.1. The van der Waals surface area contributed by atoms with Gasteiger partial charge in [0.25, 0.3) is 0 Å². The zero-order valence-electron chi connectivity index (χ0n) is 12.2. The van der Waals surface area contributed by atoms with Crippen molar-refractivity contribution in [2.24, 2.45) is 28.8 Å². The van der Waals surface area contributed by atoms with E-state index < -0.39 is 0 Å². The number of rotatable bonds is 4. The highest BCUT2D eigenvalue weighted by molar-refractivity contribution is 5.83. The first-order valence-electron chi connectivity index (χ1n) is 8.19. The number of carbonyl (C=O) groups excluding carboxylic acids is 1. The summed E-state index contributed by atoms with van der Waals surface area (Å²) in [4.78, 5) is 12.1. The fourth-order valence-electron chi connectivity index (χ4n) is 4.31. The fraction of sp³-hybridized carbons (Fsp3) is 0.556. The van der Waals surface area contributed by atoms with Crippen LogP contribution in [-0.4, -0.2) is 12.1 Å². The molecule has 5 atom stereocenters. The molecule has 0 aliphatic heterocycles. The molecule has 0 aromatic heterocycles. The zero-order chi connectivity index (χ0) is 14.2. The molecule has 3 fully saturated rings. The molecule has 1 amide bonds. The van der Waals surface area contributed by atoms with Gasteiger partial charge in [-0.3, -0.25) is 4.79 Å². The lowest BCUT2D eigenvalue weighted by atomic mass is 9.90. The molecule has 2 bridgehead atoms. The van der Waals surface area contributed by atoms with Crippen molar-refractivity contribution in [2.75, 3.05) is 0 Å². The summed E-state index contributed by atoms with van der Waals surface area (Å²) in [5.74, 6) is 2.95.